The van der Waals surface area contributed by atoms with Crippen LogP contribution in [0.25, 0.3) is 0 Å². The summed E-state index contributed by atoms with van der Waals surface area (Å²) >= 11 is 0. The molecule has 15 heavy (non-hydrogen) atoms. The van der Waals surface area contributed by atoms with Crippen molar-refractivity contribution >= 4 is 5.97 Å². The van der Waals surface area contributed by atoms with Crippen LogP contribution in [0.4, 0.5) is 0 Å². The summed E-state index contributed by atoms with van der Waals surface area (Å²) in [6.07, 6.45) is 4.53. The molecule has 0 bridgehead atoms. The van der Waals surface area contributed by atoms with Gasteiger partial charge >= 0.3 is 5.97 Å². The zero-order valence-electron chi connectivity index (χ0n) is 8.42. The molecule has 0 unspecified atom stereocenters. The zero-order valence-corrected chi connectivity index (χ0v) is 8.42. The highest BCUT2D eigenvalue weighted by Crippen LogP contribution is 2.23. The van der Waals surface area contributed by atoms with Crippen LogP contribution < -0.4 is 0 Å². The monoisotopic (exact) mass is 200 g/mol. The fraction of sp³-hybridized carbons (Fsp3) is 0.308. The van der Waals surface area contributed by atoms with Gasteiger partial charge in [0.2, 0.25) is 0 Å². The van der Waals surface area contributed by atoms with Gasteiger partial charge in [0.05, 0.1) is 0 Å². The Labute approximate surface area is 88.9 Å². The lowest BCUT2D eigenvalue weighted by atomic mass is 9.88. The Morgan fingerprint density at radius 1 is 1.27 bits per heavy atom. The van der Waals surface area contributed by atoms with Crippen molar-refractivity contribution in [2.75, 3.05) is 0 Å². The van der Waals surface area contributed by atoms with E-state index in [1.54, 1.807) is 0 Å². The summed E-state index contributed by atoms with van der Waals surface area (Å²) in [7, 11) is 0. The Hall–Kier alpha value is -1.75. The van der Waals surface area contributed by atoms with Crippen molar-refractivity contribution in [3.8, 4) is 11.8 Å². The molecular weight excluding hydrogens is 188 g/mol. The lowest BCUT2D eigenvalue weighted by molar-refractivity contribution is -0.130. The van der Waals surface area contributed by atoms with Gasteiger partial charge in [-0.25, -0.2) is 4.79 Å². The molecule has 0 heterocycles. The van der Waals surface area contributed by atoms with Crippen molar-refractivity contribution < 1.29 is 9.90 Å². The molecule has 0 aliphatic heterocycles. The van der Waals surface area contributed by atoms with Crippen LogP contribution in [-0.2, 0) is 17.6 Å². The number of carbonyl (C=O) groups is 1. The van der Waals surface area contributed by atoms with Gasteiger partial charge in [0.15, 0.2) is 0 Å². The number of carboxylic acid groups (broad SMARTS) is 1. The summed E-state index contributed by atoms with van der Waals surface area (Å²) in [5, 5.41) is 8.51. The highest BCUT2D eigenvalue weighted by atomic mass is 16.4. The minimum atomic E-state index is -1.07. The molecule has 0 aromatic heterocycles. The standard InChI is InChI=1S/C13H12O2/c14-13(15)9-8-11-6-3-5-10-4-1-2-7-12(10)11/h3,5-6H,1-2,4,7H2,(H,14,15). The number of rotatable bonds is 0. The maximum atomic E-state index is 10.4. The molecule has 2 nitrogen and oxygen atoms in total. The zero-order chi connectivity index (χ0) is 10.7. The first-order chi connectivity index (χ1) is 7.27. The lowest BCUT2D eigenvalue weighted by Crippen LogP contribution is -2.04. The molecule has 1 aromatic rings. The summed E-state index contributed by atoms with van der Waals surface area (Å²) < 4.78 is 0. The molecule has 2 rings (SSSR count). The second kappa shape index (κ2) is 4.18. The van der Waals surface area contributed by atoms with Crippen LogP contribution in [0.3, 0.4) is 0 Å². The Morgan fingerprint density at radius 3 is 2.87 bits per heavy atom. The van der Waals surface area contributed by atoms with Crippen molar-refractivity contribution in [3.05, 3.63) is 34.9 Å². The van der Waals surface area contributed by atoms with E-state index in [-0.39, 0.29) is 0 Å². The molecule has 0 fully saturated rings. The summed E-state index contributed by atoms with van der Waals surface area (Å²) in [5.74, 6) is 3.83. The summed E-state index contributed by atoms with van der Waals surface area (Å²) in [6.45, 7) is 0. The van der Waals surface area contributed by atoms with Gasteiger partial charge < -0.3 is 5.11 Å². The van der Waals surface area contributed by atoms with Gasteiger partial charge in [0.25, 0.3) is 0 Å². The van der Waals surface area contributed by atoms with Crippen LogP contribution in [0.5, 0.6) is 0 Å². The third kappa shape index (κ3) is 2.19. The second-order valence-electron chi connectivity index (χ2n) is 3.71. The van der Waals surface area contributed by atoms with E-state index < -0.39 is 5.97 Å². The maximum absolute atomic E-state index is 10.4. The van der Waals surface area contributed by atoms with Gasteiger partial charge in [-0.2, -0.15) is 0 Å². The van der Waals surface area contributed by atoms with Gasteiger partial charge in [-0.15, -0.1) is 0 Å². The minimum absolute atomic E-state index is 0.884. The average Bonchev–Trinajstić information content (AvgIpc) is 2.26. The first kappa shape index (κ1) is 9.79. The third-order valence-electron chi connectivity index (χ3n) is 2.70. The second-order valence-corrected chi connectivity index (χ2v) is 3.71. The average molecular weight is 200 g/mol. The summed E-state index contributed by atoms with van der Waals surface area (Å²) in [5.41, 5.74) is 3.46. The predicted molar refractivity (Wildman–Crippen MR) is 57.6 cm³/mol. The Morgan fingerprint density at radius 2 is 2.07 bits per heavy atom. The number of fused-ring (bicyclic) bond motifs is 1. The van der Waals surface area contributed by atoms with E-state index in [9.17, 15) is 4.79 Å². The van der Waals surface area contributed by atoms with Crippen LogP contribution >= 0.6 is 0 Å². The smallest absolute Gasteiger partial charge is 0.382 e. The molecule has 2 heteroatoms. The third-order valence-corrected chi connectivity index (χ3v) is 2.70. The van der Waals surface area contributed by atoms with Crippen molar-refractivity contribution in [1.82, 2.24) is 0 Å². The van der Waals surface area contributed by atoms with E-state index in [4.69, 9.17) is 5.11 Å². The fourth-order valence-electron chi connectivity index (χ4n) is 2.02. The Kier molecular flexibility index (Phi) is 2.73. The van der Waals surface area contributed by atoms with Crippen LogP contribution in [0.1, 0.15) is 29.5 Å². The van der Waals surface area contributed by atoms with Gasteiger partial charge in [-0.3, -0.25) is 0 Å². The number of aryl methyl sites for hydroxylation is 1. The van der Waals surface area contributed by atoms with E-state index in [2.05, 4.69) is 17.9 Å². The van der Waals surface area contributed by atoms with Crippen LogP contribution in [0.15, 0.2) is 18.2 Å². The number of hydrogen-bond acceptors (Lipinski definition) is 1. The van der Waals surface area contributed by atoms with E-state index in [0.29, 0.717) is 0 Å². The van der Waals surface area contributed by atoms with Crippen molar-refractivity contribution in [1.29, 1.82) is 0 Å². The normalized spacial score (nSPS) is 13.6. The van der Waals surface area contributed by atoms with E-state index in [1.807, 2.05) is 12.1 Å². The minimum Gasteiger partial charge on any atom is -0.472 e. The van der Waals surface area contributed by atoms with Gasteiger partial charge in [-0.05, 0) is 42.9 Å². The quantitative estimate of drug-likeness (QED) is 0.650. The summed E-state index contributed by atoms with van der Waals surface area (Å²) in [6, 6.07) is 5.97. The molecule has 1 aliphatic rings. The molecule has 0 amide bonds. The SMILES string of the molecule is O=C(O)C#Cc1cccc2c1CCCC2. The Bertz CT molecular complexity index is 449. The van der Waals surface area contributed by atoms with Crippen molar-refractivity contribution in [2.45, 2.75) is 25.7 Å². The van der Waals surface area contributed by atoms with E-state index in [1.165, 1.54) is 24.0 Å². The van der Waals surface area contributed by atoms with Crippen LogP contribution in [-0.4, -0.2) is 11.1 Å². The van der Waals surface area contributed by atoms with Gasteiger partial charge in [0.1, 0.15) is 0 Å². The molecule has 1 N–H and O–H groups in total. The van der Waals surface area contributed by atoms with Gasteiger partial charge in [0, 0.05) is 11.5 Å². The first-order valence-electron chi connectivity index (χ1n) is 5.13. The lowest BCUT2D eigenvalue weighted by Gasteiger charge is -2.16. The first-order valence-corrected chi connectivity index (χ1v) is 5.13. The molecule has 1 aliphatic carbocycles. The highest BCUT2D eigenvalue weighted by Gasteiger charge is 2.11. The molecule has 0 radical (unpaired) electrons. The van der Waals surface area contributed by atoms with E-state index in [0.717, 1.165) is 18.4 Å². The van der Waals surface area contributed by atoms with Crippen LogP contribution in [0.2, 0.25) is 0 Å². The molecule has 0 atom stereocenters. The van der Waals surface area contributed by atoms with Gasteiger partial charge in [-0.1, -0.05) is 18.1 Å². The number of carboxylic acids is 1. The molecule has 1 aromatic carbocycles. The number of hydrogen-bond donors (Lipinski definition) is 1. The molecule has 0 saturated carbocycles. The van der Waals surface area contributed by atoms with Crippen molar-refractivity contribution in [2.24, 2.45) is 0 Å². The number of benzene rings is 1. The number of aliphatic carboxylic acids is 1. The summed E-state index contributed by atoms with van der Waals surface area (Å²) in [4.78, 5) is 10.4. The highest BCUT2D eigenvalue weighted by molar-refractivity contribution is 5.87. The van der Waals surface area contributed by atoms with E-state index >= 15 is 0 Å². The molecule has 0 spiro atoms. The van der Waals surface area contributed by atoms with Crippen LogP contribution in [0, 0.1) is 11.8 Å². The molecule has 0 saturated heterocycles. The molecular formula is C13H12O2. The maximum Gasteiger partial charge on any atom is 0.382 e. The fourth-order valence-corrected chi connectivity index (χ4v) is 2.02. The Balaban J connectivity index is 2.40. The topological polar surface area (TPSA) is 37.3 Å². The molecule has 76 valence electrons. The van der Waals surface area contributed by atoms with Crippen molar-refractivity contribution in [3.63, 3.8) is 0 Å². The predicted octanol–water partition coefficient (Wildman–Crippen LogP) is 2.00. The largest absolute Gasteiger partial charge is 0.472 e.